The minimum atomic E-state index is -0.840. The Morgan fingerprint density at radius 1 is 1.24 bits per heavy atom. The molecule has 0 aliphatic heterocycles. The van der Waals surface area contributed by atoms with Crippen molar-refractivity contribution >= 4 is 17.6 Å². The summed E-state index contributed by atoms with van der Waals surface area (Å²) in [5, 5.41) is 10.4. The first-order valence-electron chi connectivity index (χ1n) is 6.79. The number of phenolic OH excluding ortho intramolecular Hbond substituents is 1. The van der Waals surface area contributed by atoms with Crippen molar-refractivity contribution in [2.45, 2.75) is 17.8 Å². The lowest BCUT2D eigenvalue weighted by molar-refractivity contribution is -0.145. The molecule has 0 saturated heterocycles. The highest BCUT2D eigenvalue weighted by molar-refractivity contribution is 6.30. The minimum absolute atomic E-state index is 0.159. The molecule has 2 aromatic carbocycles. The van der Waals surface area contributed by atoms with Crippen LogP contribution in [-0.4, -0.2) is 18.2 Å². The predicted octanol–water partition coefficient (Wildman–Crippen LogP) is 3.35. The van der Waals surface area contributed by atoms with Crippen molar-refractivity contribution in [2.24, 2.45) is 0 Å². The van der Waals surface area contributed by atoms with Crippen molar-refractivity contribution < 1.29 is 14.6 Å². The summed E-state index contributed by atoms with van der Waals surface area (Å²) < 4.78 is 5.08. The Hall–Kier alpha value is -2.00. The molecule has 0 spiro atoms. The van der Waals surface area contributed by atoms with Crippen LogP contribution >= 0.6 is 11.6 Å². The minimum Gasteiger partial charge on any atom is -0.508 e. The van der Waals surface area contributed by atoms with Crippen LogP contribution in [0.5, 0.6) is 5.75 Å². The van der Waals surface area contributed by atoms with E-state index < -0.39 is 5.41 Å². The quantitative estimate of drug-likeness (QED) is 0.822. The molecule has 0 saturated carbocycles. The maximum Gasteiger partial charge on any atom is 0.320 e. The van der Waals surface area contributed by atoms with E-state index in [4.69, 9.17) is 16.3 Å². The number of methoxy groups -OCH3 is 1. The molecular weight excluding hydrogens is 288 g/mol. The van der Waals surface area contributed by atoms with Crippen LogP contribution in [-0.2, 0) is 14.9 Å². The molecule has 0 fully saturated rings. The molecule has 2 aliphatic carbocycles. The Morgan fingerprint density at radius 3 is 2.62 bits per heavy atom. The molecule has 3 nitrogen and oxygen atoms in total. The molecule has 2 atom stereocenters. The van der Waals surface area contributed by atoms with Crippen LogP contribution in [0.3, 0.4) is 0 Å². The van der Waals surface area contributed by atoms with Crippen molar-refractivity contribution in [1.29, 1.82) is 0 Å². The zero-order chi connectivity index (χ0) is 14.8. The second-order valence-electron chi connectivity index (χ2n) is 5.66. The number of ether oxygens (including phenoxy) is 1. The van der Waals surface area contributed by atoms with E-state index in [2.05, 4.69) is 0 Å². The van der Waals surface area contributed by atoms with Crippen molar-refractivity contribution in [1.82, 2.24) is 0 Å². The lowest BCUT2D eigenvalue weighted by Gasteiger charge is -2.28. The average molecular weight is 301 g/mol. The van der Waals surface area contributed by atoms with E-state index in [-0.39, 0.29) is 17.6 Å². The highest BCUT2D eigenvalue weighted by atomic mass is 35.5. The third-order valence-electron chi connectivity index (χ3n) is 4.77. The maximum absolute atomic E-state index is 12.6. The van der Waals surface area contributed by atoms with Crippen LogP contribution in [0.2, 0.25) is 5.02 Å². The largest absolute Gasteiger partial charge is 0.508 e. The Labute approximate surface area is 127 Å². The molecule has 106 valence electrons. The van der Waals surface area contributed by atoms with Crippen LogP contribution < -0.4 is 0 Å². The number of hydrogen-bond donors (Lipinski definition) is 1. The summed E-state index contributed by atoms with van der Waals surface area (Å²) in [5.74, 6) is 0.0259. The summed E-state index contributed by atoms with van der Waals surface area (Å²) in [6, 6.07) is 10.9. The van der Waals surface area contributed by atoms with E-state index in [1.165, 1.54) is 7.11 Å². The summed E-state index contributed by atoms with van der Waals surface area (Å²) in [6.45, 7) is 0. The number of fused-ring (bicyclic) bond motifs is 8. The number of rotatable bonds is 1. The van der Waals surface area contributed by atoms with Gasteiger partial charge in [-0.15, -0.1) is 0 Å². The zero-order valence-electron chi connectivity index (χ0n) is 11.4. The fraction of sp³-hybridized carbons (Fsp3) is 0.235. The van der Waals surface area contributed by atoms with Gasteiger partial charge in [0.15, 0.2) is 0 Å². The van der Waals surface area contributed by atoms with Gasteiger partial charge in [0.05, 0.1) is 7.11 Å². The van der Waals surface area contributed by atoms with Crippen LogP contribution in [0.4, 0.5) is 0 Å². The van der Waals surface area contributed by atoms with Gasteiger partial charge in [0.25, 0.3) is 0 Å². The number of halogens is 1. The summed E-state index contributed by atoms with van der Waals surface area (Å²) in [4.78, 5) is 12.6. The average Bonchev–Trinajstić information content (AvgIpc) is 2.98. The summed E-state index contributed by atoms with van der Waals surface area (Å²) in [5.41, 5.74) is 3.13. The lowest BCUT2D eigenvalue weighted by atomic mass is 9.75. The van der Waals surface area contributed by atoms with Gasteiger partial charge in [0, 0.05) is 10.9 Å². The summed E-state index contributed by atoms with van der Waals surface area (Å²) in [7, 11) is 1.40. The smallest absolute Gasteiger partial charge is 0.320 e. The van der Waals surface area contributed by atoms with Gasteiger partial charge in [-0.1, -0.05) is 23.7 Å². The zero-order valence-corrected chi connectivity index (χ0v) is 12.1. The second-order valence-corrected chi connectivity index (χ2v) is 6.09. The Bertz CT molecular complexity index is 728. The number of aromatic hydroxyl groups is 1. The molecule has 2 bridgehead atoms. The molecule has 1 N–H and O–H groups in total. The van der Waals surface area contributed by atoms with Crippen LogP contribution in [0.15, 0.2) is 36.4 Å². The van der Waals surface area contributed by atoms with Crippen molar-refractivity contribution in [2.75, 3.05) is 7.11 Å². The number of benzene rings is 2. The third kappa shape index (κ3) is 1.42. The Balaban J connectivity index is 2.07. The lowest BCUT2D eigenvalue weighted by Crippen LogP contribution is -2.35. The maximum atomic E-state index is 12.6. The van der Waals surface area contributed by atoms with Gasteiger partial charge in [-0.3, -0.25) is 4.79 Å². The van der Waals surface area contributed by atoms with E-state index in [1.54, 1.807) is 12.1 Å². The number of hydrogen-bond acceptors (Lipinski definition) is 3. The van der Waals surface area contributed by atoms with Gasteiger partial charge >= 0.3 is 5.97 Å². The number of carbonyl (C=O) groups excluding carboxylic acids is 1. The van der Waals surface area contributed by atoms with E-state index in [9.17, 15) is 9.90 Å². The molecule has 2 aliphatic rings. The summed E-state index contributed by atoms with van der Waals surface area (Å²) in [6.07, 6.45) is 0.647. The molecular formula is C17H13ClO3. The monoisotopic (exact) mass is 300 g/mol. The molecule has 2 aromatic rings. The predicted molar refractivity (Wildman–Crippen MR) is 78.8 cm³/mol. The second kappa shape index (κ2) is 4.01. The molecule has 2 unspecified atom stereocenters. The molecule has 4 rings (SSSR count). The Morgan fingerprint density at radius 2 is 1.90 bits per heavy atom. The first-order valence-corrected chi connectivity index (χ1v) is 7.17. The van der Waals surface area contributed by atoms with Crippen molar-refractivity contribution in [3.05, 3.63) is 63.7 Å². The topological polar surface area (TPSA) is 46.5 Å². The SMILES string of the molecule is COC(=O)C12CC(c3ccc(O)cc31)c1ccc(Cl)cc12. The van der Waals surface area contributed by atoms with Gasteiger partial charge < -0.3 is 9.84 Å². The molecule has 0 aromatic heterocycles. The first kappa shape index (κ1) is 12.7. The molecule has 4 heteroatoms. The first-order chi connectivity index (χ1) is 10.1. The fourth-order valence-electron chi connectivity index (χ4n) is 3.96. The number of esters is 1. The van der Waals surface area contributed by atoms with Crippen molar-refractivity contribution in [3.63, 3.8) is 0 Å². The Kier molecular flexibility index (Phi) is 2.43. The third-order valence-corrected chi connectivity index (χ3v) is 5.00. The van der Waals surface area contributed by atoms with Gasteiger partial charge in [-0.2, -0.15) is 0 Å². The van der Waals surface area contributed by atoms with Crippen molar-refractivity contribution in [3.8, 4) is 5.75 Å². The standard InChI is InChI=1S/C17H13ClO3/c1-21-16(20)17-8-13(11-4-2-9(18)6-14(11)17)12-5-3-10(19)7-15(12)17/h2-7,13,19H,8H2,1H3. The van der Waals surface area contributed by atoms with E-state index in [1.807, 2.05) is 24.3 Å². The highest BCUT2D eigenvalue weighted by Crippen LogP contribution is 2.61. The number of phenols is 1. The van der Waals surface area contributed by atoms with E-state index in [0.717, 1.165) is 22.3 Å². The molecule has 0 radical (unpaired) electrons. The normalized spacial score (nSPS) is 24.6. The number of carbonyl (C=O) groups is 1. The van der Waals surface area contributed by atoms with Gasteiger partial charge in [-0.25, -0.2) is 0 Å². The summed E-state index contributed by atoms with van der Waals surface area (Å²) >= 11 is 6.13. The fourth-order valence-corrected chi connectivity index (χ4v) is 4.13. The highest BCUT2D eigenvalue weighted by Gasteiger charge is 2.58. The van der Waals surface area contributed by atoms with Crippen LogP contribution in [0, 0.1) is 0 Å². The van der Waals surface area contributed by atoms with Gasteiger partial charge in [-0.05, 0) is 52.9 Å². The van der Waals surface area contributed by atoms with Crippen LogP contribution in [0.1, 0.15) is 34.6 Å². The molecule has 0 amide bonds. The molecule has 21 heavy (non-hydrogen) atoms. The molecule has 0 heterocycles. The van der Waals surface area contributed by atoms with E-state index in [0.29, 0.717) is 11.4 Å². The van der Waals surface area contributed by atoms with Gasteiger partial charge in [0.2, 0.25) is 0 Å². The van der Waals surface area contributed by atoms with Gasteiger partial charge in [0.1, 0.15) is 11.2 Å². The van der Waals surface area contributed by atoms with Crippen LogP contribution in [0.25, 0.3) is 0 Å². The van der Waals surface area contributed by atoms with E-state index >= 15 is 0 Å².